The summed E-state index contributed by atoms with van der Waals surface area (Å²) in [5.41, 5.74) is 8.47. The highest BCUT2D eigenvalue weighted by Gasteiger charge is 2.06. The summed E-state index contributed by atoms with van der Waals surface area (Å²) in [6.07, 6.45) is 0. The molecule has 1 heterocycles. The van der Waals surface area contributed by atoms with Crippen LogP contribution in [0.5, 0.6) is 0 Å². The molecule has 2 aromatic rings. The molecule has 0 aliphatic rings. The van der Waals surface area contributed by atoms with Gasteiger partial charge in [-0.05, 0) is 30.0 Å². The zero-order chi connectivity index (χ0) is 13.7. The van der Waals surface area contributed by atoms with E-state index in [0.717, 1.165) is 40.1 Å². The summed E-state index contributed by atoms with van der Waals surface area (Å²) in [5, 5.41) is 3.08. The first-order valence-corrected chi connectivity index (χ1v) is 7.37. The van der Waals surface area contributed by atoms with Crippen molar-refractivity contribution in [3.05, 3.63) is 36.0 Å². The molecular formula is C14H18N4S. The average Bonchev–Trinajstić information content (AvgIpc) is 2.45. The minimum Gasteiger partial charge on any atom is -0.399 e. The number of hydrogen-bond acceptors (Lipinski definition) is 5. The quantitative estimate of drug-likeness (QED) is 0.821. The Hall–Kier alpha value is -1.75. The van der Waals surface area contributed by atoms with Gasteiger partial charge in [-0.25, -0.2) is 9.97 Å². The van der Waals surface area contributed by atoms with E-state index in [0.29, 0.717) is 0 Å². The van der Waals surface area contributed by atoms with Gasteiger partial charge in [-0.1, -0.05) is 6.92 Å². The van der Waals surface area contributed by atoms with Crippen LogP contribution in [-0.2, 0) is 5.75 Å². The SMILES string of the molecule is CCSCc1cc(NC)nc(-c2ccc(N)cc2)n1. The molecule has 0 atom stereocenters. The van der Waals surface area contributed by atoms with Gasteiger partial charge in [0.1, 0.15) is 5.82 Å². The topological polar surface area (TPSA) is 63.8 Å². The van der Waals surface area contributed by atoms with Gasteiger partial charge in [0, 0.05) is 30.1 Å². The van der Waals surface area contributed by atoms with Gasteiger partial charge in [0.15, 0.2) is 5.82 Å². The fourth-order valence-electron chi connectivity index (χ4n) is 1.67. The number of nitrogens with two attached hydrogens (primary N) is 1. The Kier molecular flexibility index (Phi) is 4.63. The van der Waals surface area contributed by atoms with Gasteiger partial charge in [-0.2, -0.15) is 11.8 Å². The molecule has 0 spiro atoms. The number of aromatic nitrogens is 2. The minimum atomic E-state index is 0.735. The van der Waals surface area contributed by atoms with Crippen molar-refractivity contribution in [2.75, 3.05) is 23.9 Å². The Morgan fingerprint density at radius 1 is 1.21 bits per heavy atom. The molecule has 1 aromatic heterocycles. The van der Waals surface area contributed by atoms with Gasteiger partial charge < -0.3 is 11.1 Å². The normalized spacial score (nSPS) is 10.4. The van der Waals surface area contributed by atoms with Crippen molar-refractivity contribution < 1.29 is 0 Å². The van der Waals surface area contributed by atoms with E-state index in [-0.39, 0.29) is 0 Å². The number of anilines is 2. The number of nitrogens with zero attached hydrogens (tertiary/aromatic N) is 2. The van der Waals surface area contributed by atoms with Crippen molar-refractivity contribution in [2.24, 2.45) is 0 Å². The zero-order valence-corrected chi connectivity index (χ0v) is 12.0. The Morgan fingerprint density at radius 3 is 2.58 bits per heavy atom. The van der Waals surface area contributed by atoms with Crippen LogP contribution in [0.1, 0.15) is 12.6 Å². The minimum absolute atomic E-state index is 0.735. The summed E-state index contributed by atoms with van der Waals surface area (Å²) in [6, 6.07) is 9.61. The van der Waals surface area contributed by atoms with E-state index in [1.165, 1.54) is 0 Å². The molecule has 0 aliphatic heterocycles. The van der Waals surface area contributed by atoms with Gasteiger partial charge in [0.25, 0.3) is 0 Å². The van der Waals surface area contributed by atoms with E-state index in [4.69, 9.17) is 5.73 Å². The van der Waals surface area contributed by atoms with E-state index in [2.05, 4.69) is 22.2 Å². The molecule has 5 heteroatoms. The van der Waals surface area contributed by atoms with Gasteiger partial charge >= 0.3 is 0 Å². The Balaban J connectivity index is 2.35. The van der Waals surface area contributed by atoms with Crippen molar-refractivity contribution in [3.63, 3.8) is 0 Å². The van der Waals surface area contributed by atoms with Crippen LogP contribution in [-0.4, -0.2) is 22.8 Å². The van der Waals surface area contributed by atoms with Crippen LogP contribution >= 0.6 is 11.8 Å². The second-order valence-corrected chi connectivity index (χ2v) is 5.35. The monoisotopic (exact) mass is 274 g/mol. The van der Waals surface area contributed by atoms with E-state index in [9.17, 15) is 0 Å². The van der Waals surface area contributed by atoms with Crippen LogP contribution in [0.4, 0.5) is 11.5 Å². The molecule has 0 unspecified atom stereocenters. The summed E-state index contributed by atoms with van der Waals surface area (Å²) in [7, 11) is 1.87. The number of rotatable bonds is 5. The summed E-state index contributed by atoms with van der Waals surface area (Å²) in [5.74, 6) is 3.55. The Bertz CT molecular complexity index is 540. The lowest BCUT2D eigenvalue weighted by atomic mass is 10.2. The molecule has 0 saturated carbocycles. The molecule has 3 N–H and O–H groups in total. The largest absolute Gasteiger partial charge is 0.399 e. The predicted octanol–water partition coefficient (Wildman–Crippen LogP) is 3.02. The molecule has 1 aromatic carbocycles. The van der Waals surface area contributed by atoms with Crippen molar-refractivity contribution in [2.45, 2.75) is 12.7 Å². The van der Waals surface area contributed by atoms with Gasteiger partial charge in [-0.15, -0.1) is 0 Å². The van der Waals surface area contributed by atoms with Gasteiger partial charge in [-0.3, -0.25) is 0 Å². The first-order chi connectivity index (χ1) is 9.22. The van der Waals surface area contributed by atoms with E-state index >= 15 is 0 Å². The van der Waals surface area contributed by atoms with Crippen molar-refractivity contribution in [1.82, 2.24) is 9.97 Å². The van der Waals surface area contributed by atoms with Gasteiger partial charge in [0.2, 0.25) is 0 Å². The van der Waals surface area contributed by atoms with Crippen LogP contribution in [0, 0.1) is 0 Å². The standard InChI is InChI=1S/C14H18N4S/c1-3-19-9-12-8-13(16-2)18-14(17-12)10-4-6-11(15)7-5-10/h4-8H,3,9,15H2,1-2H3,(H,16,17,18). The van der Waals surface area contributed by atoms with Crippen LogP contribution in [0.3, 0.4) is 0 Å². The molecule has 2 rings (SSSR count). The summed E-state index contributed by atoms with van der Waals surface area (Å²) in [6.45, 7) is 2.14. The first kappa shape index (κ1) is 13.7. The lowest BCUT2D eigenvalue weighted by Gasteiger charge is -2.08. The van der Waals surface area contributed by atoms with Gasteiger partial charge in [0.05, 0.1) is 5.69 Å². The summed E-state index contributed by atoms with van der Waals surface area (Å²) >= 11 is 1.85. The third-order valence-electron chi connectivity index (χ3n) is 2.66. The molecular weight excluding hydrogens is 256 g/mol. The smallest absolute Gasteiger partial charge is 0.161 e. The molecule has 0 saturated heterocycles. The maximum absolute atomic E-state index is 5.70. The number of hydrogen-bond donors (Lipinski definition) is 2. The summed E-state index contributed by atoms with van der Waals surface area (Å²) < 4.78 is 0. The van der Waals surface area contributed by atoms with E-state index in [1.54, 1.807) is 0 Å². The highest BCUT2D eigenvalue weighted by molar-refractivity contribution is 7.98. The second kappa shape index (κ2) is 6.43. The zero-order valence-electron chi connectivity index (χ0n) is 11.2. The van der Waals surface area contributed by atoms with Crippen LogP contribution in [0.15, 0.2) is 30.3 Å². The maximum Gasteiger partial charge on any atom is 0.161 e. The number of nitrogen functional groups attached to an aromatic ring is 1. The molecule has 0 radical (unpaired) electrons. The molecule has 0 fully saturated rings. The van der Waals surface area contributed by atoms with Crippen molar-refractivity contribution >= 4 is 23.3 Å². The number of thioether (sulfide) groups is 1. The van der Waals surface area contributed by atoms with E-state index < -0.39 is 0 Å². The number of nitrogens with one attached hydrogen (secondary N) is 1. The van der Waals surface area contributed by atoms with Crippen molar-refractivity contribution in [3.8, 4) is 11.4 Å². The lowest BCUT2D eigenvalue weighted by molar-refractivity contribution is 1.09. The van der Waals surface area contributed by atoms with Crippen molar-refractivity contribution in [1.29, 1.82) is 0 Å². The second-order valence-electron chi connectivity index (χ2n) is 4.08. The molecule has 4 nitrogen and oxygen atoms in total. The highest BCUT2D eigenvalue weighted by atomic mass is 32.2. The fourth-order valence-corrected chi connectivity index (χ4v) is 2.23. The molecule has 0 amide bonds. The van der Waals surface area contributed by atoms with E-state index in [1.807, 2.05) is 49.1 Å². The predicted molar refractivity (Wildman–Crippen MR) is 83.3 cm³/mol. The Morgan fingerprint density at radius 2 is 1.95 bits per heavy atom. The average molecular weight is 274 g/mol. The lowest BCUT2D eigenvalue weighted by Crippen LogP contribution is -2.00. The third kappa shape index (κ3) is 3.61. The molecule has 100 valence electrons. The molecule has 0 bridgehead atoms. The van der Waals surface area contributed by atoms with Crippen LogP contribution in [0.25, 0.3) is 11.4 Å². The number of benzene rings is 1. The fraction of sp³-hybridized carbons (Fsp3) is 0.286. The molecule has 0 aliphatic carbocycles. The molecule has 19 heavy (non-hydrogen) atoms. The summed E-state index contributed by atoms with van der Waals surface area (Å²) in [4.78, 5) is 9.09. The third-order valence-corrected chi connectivity index (χ3v) is 3.57. The van der Waals surface area contributed by atoms with Crippen LogP contribution < -0.4 is 11.1 Å². The highest BCUT2D eigenvalue weighted by Crippen LogP contribution is 2.21. The maximum atomic E-state index is 5.70. The first-order valence-electron chi connectivity index (χ1n) is 6.22. The van der Waals surface area contributed by atoms with Crippen LogP contribution in [0.2, 0.25) is 0 Å². The Labute approximate surface area is 117 Å².